The van der Waals surface area contributed by atoms with Gasteiger partial charge in [-0.3, -0.25) is 14.4 Å². The molecule has 0 aliphatic carbocycles. The van der Waals surface area contributed by atoms with Crippen LogP contribution in [-0.4, -0.2) is 56.3 Å². The Morgan fingerprint density at radius 3 is 2.68 bits per heavy atom. The molecule has 1 N–H and O–H groups in total. The number of aryl methyl sites for hydroxylation is 1. The van der Waals surface area contributed by atoms with Gasteiger partial charge in [0.15, 0.2) is 0 Å². The average Bonchev–Trinajstić information content (AvgIpc) is 3.20. The Hall–Kier alpha value is -1.40. The molecule has 1 amide bonds. The molecule has 0 unspecified atom stereocenters. The van der Waals surface area contributed by atoms with Crippen LogP contribution < -0.4 is 0 Å². The molecular formula is C16H26N4O2. The Morgan fingerprint density at radius 1 is 1.32 bits per heavy atom. The minimum absolute atomic E-state index is 0.0301. The Morgan fingerprint density at radius 2 is 2.05 bits per heavy atom. The zero-order valence-electron chi connectivity index (χ0n) is 13.6. The van der Waals surface area contributed by atoms with Crippen molar-refractivity contribution in [1.29, 1.82) is 0 Å². The number of aliphatic hydroxyl groups is 1. The van der Waals surface area contributed by atoms with Crippen LogP contribution in [0.5, 0.6) is 0 Å². The molecule has 3 heterocycles. The van der Waals surface area contributed by atoms with Gasteiger partial charge in [-0.2, -0.15) is 5.10 Å². The van der Waals surface area contributed by atoms with Gasteiger partial charge in [-0.25, -0.2) is 0 Å². The highest BCUT2D eigenvalue weighted by molar-refractivity contribution is 5.81. The van der Waals surface area contributed by atoms with Gasteiger partial charge in [0, 0.05) is 50.4 Å². The fraction of sp³-hybridized carbons (Fsp3) is 0.750. The van der Waals surface area contributed by atoms with Crippen LogP contribution >= 0.6 is 0 Å². The Kier molecular flexibility index (Phi) is 4.49. The van der Waals surface area contributed by atoms with Crippen LogP contribution in [0.25, 0.3) is 0 Å². The van der Waals surface area contributed by atoms with E-state index in [0.717, 1.165) is 56.7 Å². The average molecular weight is 306 g/mol. The summed E-state index contributed by atoms with van der Waals surface area (Å²) in [5.74, 6) is 0.245. The smallest absolute Gasteiger partial charge is 0.239 e. The summed E-state index contributed by atoms with van der Waals surface area (Å²) in [6.07, 6.45) is 3.15. The molecule has 1 aromatic rings. The van der Waals surface area contributed by atoms with Gasteiger partial charge in [-0.15, -0.1) is 0 Å². The Balaban J connectivity index is 1.75. The monoisotopic (exact) mass is 306 g/mol. The normalized spacial score (nSPS) is 20.2. The first-order valence-corrected chi connectivity index (χ1v) is 8.36. The third-order valence-electron chi connectivity index (χ3n) is 5.02. The molecule has 1 fully saturated rings. The SMILES string of the molecule is CCn1nc(CO)c2c1CCN([C@H](C)C(=O)N1CCCC1)C2. The van der Waals surface area contributed by atoms with E-state index in [-0.39, 0.29) is 18.6 Å². The van der Waals surface area contributed by atoms with E-state index in [1.165, 1.54) is 5.69 Å². The highest BCUT2D eigenvalue weighted by Gasteiger charge is 2.32. The third kappa shape index (κ3) is 2.65. The molecule has 2 aliphatic heterocycles. The topological polar surface area (TPSA) is 61.6 Å². The highest BCUT2D eigenvalue weighted by Crippen LogP contribution is 2.25. The maximum Gasteiger partial charge on any atom is 0.239 e. The molecule has 22 heavy (non-hydrogen) atoms. The third-order valence-corrected chi connectivity index (χ3v) is 5.02. The van der Waals surface area contributed by atoms with E-state index in [1.807, 2.05) is 16.5 Å². The fourth-order valence-corrected chi connectivity index (χ4v) is 3.66. The lowest BCUT2D eigenvalue weighted by atomic mass is 10.0. The van der Waals surface area contributed by atoms with Crippen molar-refractivity contribution < 1.29 is 9.90 Å². The molecule has 0 bridgehead atoms. The standard InChI is InChI=1S/C16H26N4O2/c1-3-20-15-6-9-19(10-13(15)14(11-21)17-20)12(2)16(22)18-7-4-5-8-18/h12,21H,3-11H2,1-2H3/t12-/m1/s1. The lowest BCUT2D eigenvalue weighted by Gasteiger charge is -2.34. The first-order chi connectivity index (χ1) is 10.7. The van der Waals surface area contributed by atoms with E-state index in [1.54, 1.807) is 0 Å². The summed E-state index contributed by atoms with van der Waals surface area (Å²) in [6.45, 7) is 8.27. The number of hydrogen-bond acceptors (Lipinski definition) is 4. The molecule has 6 heteroatoms. The van der Waals surface area contributed by atoms with Gasteiger partial charge >= 0.3 is 0 Å². The molecule has 1 saturated heterocycles. The first-order valence-electron chi connectivity index (χ1n) is 8.36. The number of likely N-dealkylation sites (tertiary alicyclic amines) is 1. The maximum absolute atomic E-state index is 12.6. The second-order valence-corrected chi connectivity index (χ2v) is 6.27. The Bertz CT molecular complexity index is 549. The van der Waals surface area contributed by atoms with Crippen molar-refractivity contribution in [2.75, 3.05) is 19.6 Å². The summed E-state index contributed by atoms with van der Waals surface area (Å²) in [4.78, 5) is 16.8. The largest absolute Gasteiger partial charge is 0.390 e. The number of aromatic nitrogens is 2. The van der Waals surface area contributed by atoms with E-state index in [9.17, 15) is 9.90 Å². The minimum atomic E-state index is -0.0947. The van der Waals surface area contributed by atoms with Crippen molar-refractivity contribution >= 4 is 5.91 Å². The van der Waals surface area contributed by atoms with Gasteiger partial charge in [0.05, 0.1) is 18.3 Å². The van der Waals surface area contributed by atoms with E-state index < -0.39 is 0 Å². The van der Waals surface area contributed by atoms with Crippen molar-refractivity contribution in [2.45, 2.75) is 58.8 Å². The zero-order chi connectivity index (χ0) is 15.7. The lowest BCUT2D eigenvalue weighted by molar-refractivity contribution is -0.135. The van der Waals surface area contributed by atoms with Crippen LogP contribution in [0.4, 0.5) is 0 Å². The van der Waals surface area contributed by atoms with Crippen molar-refractivity contribution in [2.24, 2.45) is 0 Å². The number of carbonyl (C=O) groups excluding carboxylic acids is 1. The van der Waals surface area contributed by atoms with Crippen LogP contribution in [0.1, 0.15) is 43.6 Å². The molecule has 2 aliphatic rings. The molecule has 3 rings (SSSR count). The maximum atomic E-state index is 12.6. The lowest BCUT2D eigenvalue weighted by Crippen LogP contribution is -2.48. The first kappa shape index (κ1) is 15.5. The number of aliphatic hydroxyl groups excluding tert-OH is 1. The van der Waals surface area contributed by atoms with Gasteiger partial charge in [0.2, 0.25) is 5.91 Å². The molecule has 1 aromatic heterocycles. The number of amides is 1. The van der Waals surface area contributed by atoms with Crippen LogP contribution in [0.3, 0.4) is 0 Å². The van der Waals surface area contributed by atoms with E-state index in [2.05, 4.69) is 16.9 Å². The minimum Gasteiger partial charge on any atom is -0.390 e. The summed E-state index contributed by atoms with van der Waals surface area (Å²) >= 11 is 0. The quantitative estimate of drug-likeness (QED) is 0.892. The van der Waals surface area contributed by atoms with Crippen molar-refractivity contribution in [3.05, 3.63) is 17.0 Å². The molecule has 1 atom stereocenters. The van der Waals surface area contributed by atoms with E-state index >= 15 is 0 Å². The van der Waals surface area contributed by atoms with Crippen molar-refractivity contribution in [3.63, 3.8) is 0 Å². The molecule has 122 valence electrons. The van der Waals surface area contributed by atoms with Gasteiger partial charge in [0.1, 0.15) is 0 Å². The van der Waals surface area contributed by atoms with E-state index in [4.69, 9.17) is 0 Å². The number of nitrogens with zero attached hydrogens (tertiary/aromatic N) is 4. The summed E-state index contributed by atoms with van der Waals surface area (Å²) in [6, 6.07) is -0.0947. The Labute approximate surface area is 131 Å². The molecular weight excluding hydrogens is 280 g/mol. The number of rotatable bonds is 4. The summed E-state index contributed by atoms with van der Waals surface area (Å²) in [5.41, 5.74) is 3.11. The summed E-state index contributed by atoms with van der Waals surface area (Å²) in [5, 5.41) is 14.0. The zero-order valence-corrected chi connectivity index (χ0v) is 13.6. The van der Waals surface area contributed by atoms with Crippen LogP contribution in [-0.2, 0) is 30.9 Å². The number of fused-ring (bicyclic) bond motifs is 1. The second kappa shape index (κ2) is 6.38. The molecule has 0 aromatic carbocycles. The van der Waals surface area contributed by atoms with Gasteiger partial charge < -0.3 is 10.0 Å². The predicted molar refractivity (Wildman–Crippen MR) is 83.2 cm³/mol. The van der Waals surface area contributed by atoms with Gasteiger partial charge in [0.25, 0.3) is 0 Å². The van der Waals surface area contributed by atoms with Crippen molar-refractivity contribution in [1.82, 2.24) is 19.6 Å². The number of carbonyl (C=O) groups is 1. The molecule has 0 radical (unpaired) electrons. The summed E-state index contributed by atoms with van der Waals surface area (Å²) in [7, 11) is 0. The van der Waals surface area contributed by atoms with Gasteiger partial charge in [-0.05, 0) is 26.7 Å². The van der Waals surface area contributed by atoms with Crippen molar-refractivity contribution in [3.8, 4) is 0 Å². The fourth-order valence-electron chi connectivity index (χ4n) is 3.66. The van der Waals surface area contributed by atoms with Crippen LogP contribution in [0.15, 0.2) is 0 Å². The van der Waals surface area contributed by atoms with Gasteiger partial charge in [-0.1, -0.05) is 0 Å². The number of hydrogen-bond donors (Lipinski definition) is 1. The molecule has 6 nitrogen and oxygen atoms in total. The van der Waals surface area contributed by atoms with Crippen LogP contribution in [0.2, 0.25) is 0 Å². The summed E-state index contributed by atoms with van der Waals surface area (Å²) < 4.78 is 1.99. The second-order valence-electron chi connectivity index (χ2n) is 6.27. The van der Waals surface area contributed by atoms with Crippen LogP contribution in [0, 0.1) is 0 Å². The highest BCUT2D eigenvalue weighted by atomic mass is 16.3. The van der Waals surface area contributed by atoms with E-state index in [0.29, 0.717) is 6.54 Å². The molecule has 0 saturated carbocycles. The molecule has 0 spiro atoms. The predicted octanol–water partition coefficient (Wildman–Crippen LogP) is 0.764.